The molecular formula is C17H13Cl3N3S+. The van der Waals surface area contributed by atoms with Crippen molar-refractivity contribution in [3.8, 4) is 11.4 Å². The highest BCUT2D eigenvalue weighted by molar-refractivity contribution is 7.06. The van der Waals surface area contributed by atoms with Crippen molar-refractivity contribution in [1.29, 1.82) is 0 Å². The van der Waals surface area contributed by atoms with Gasteiger partial charge in [0.1, 0.15) is 22.2 Å². The van der Waals surface area contributed by atoms with E-state index in [0.717, 1.165) is 22.2 Å². The molecular weight excluding hydrogens is 385 g/mol. The van der Waals surface area contributed by atoms with Crippen molar-refractivity contribution in [3.63, 3.8) is 0 Å². The van der Waals surface area contributed by atoms with Crippen molar-refractivity contribution in [2.45, 2.75) is 6.92 Å². The molecule has 122 valence electrons. The molecule has 0 radical (unpaired) electrons. The molecule has 1 heterocycles. The van der Waals surface area contributed by atoms with Crippen LogP contribution < -0.4 is 9.27 Å². The largest absolute Gasteiger partial charge is 0.350 e. The Morgan fingerprint density at radius 1 is 1.08 bits per heavy atom. The van der Waals surface area contributed by atoms with Gasteiger partial charge in [0.2, 0.25) is 0 Å². The van der Waals surface area contributed by atoms with Gasteiger partial charge in [-0.15, -0.1) is 3.96 Å². The molecule has 0 unspecified atom stereocenters. The van der Waals surface area contributed by atoms with E-state index in [2.05, 4.69) is 10.3 Å². The minimum atomic E-state index is 0.153. The molecule has 0 atom stereocenters. The average molecular weight is 398 g/mol. The SMILES string of the molecule is Cc1ccc(Nc2nc(-c3ccc(Cl)cc3)[n+](C=C(Cl)Cl)s2)cc1. The molecule has 3 aromatic rings. The first-order chi connectivity index (χ1) is 11.5. The smallest absolute Gasteiger partial charge is 0.308 e. The van der Waals surface area contributed by atoms with Gasteiger partial charge in [-0.2, -0.15) is 0 Å². The van der Waals surface area contributed by atoms with Crippen LogP contribution in [0.4, 0.5) is 10.8 Å². The van der Waals surface area contributed by atoms with Gasteiger partial charge in [-0.05, 0) is 48.3 Å². The fraction of sp³-hybridized carbons (Fsp3) is 0.0588. The van der Waals surface area contributed by atoms with Gasteiger partial charge in [0.05, 0.1) is 5.56 Å². The van der Waals surface area contributed by atoms with Gasteiger partial charge in [-0.3, -0.25) is 0 Å². The highest BCUT2D eigenvalue weighted by atomic mass is 35.5. The van der Waals surface area contributed by atoms with Crippen LogP contribution in [-0.4, -0.2) is 4.98 Å². The summed E-state index contributed by atoms with van der Waals surface area (Å²) in [6, 6.07) is 15.5. The number of aryl methyl sites for hydroxylation is 1. The summed E-state index contributed by atoms with van der Waals surface area (Å²) >= 11 is 19.0. The number of halogens is 3. The van der Waals surface area contributed by atoms with Crippen molar-refractivity contribution in [1.82, 2.24) is 4.98 Å². The lowest BCUT2D eigenvalue weighted by Crippen LogP contribution is -2.23. The summed E-state index contributed by atoms with van der Waals surface area (Å²) in [5, 5.41) is 4.69. The summed E-state index contributed by atoms with van der Waals surface area (Å²) in [7, 11) is 0. The number of rotatable bonds is 4. The van der Waals surface area contributed by atoms with E-state index in [1.54, 1.807) is 6.20 Å². The van der Waals surface area contributed by atoms with Crippen LogP contribution >= 0.6 is 46.3 Å². The summed E-state index contributed by atoms with van der Waals surface area (Å²) in [4.78, 5) is 4.65. The van der Waals surface area contributed by atoms with Crippen molar-refractivity contribution >= 4 is 63.4 Å². The minimum Gasteiger partial charge on any atom is -0.308 e. The Morgan fingerprint density at radius 2 is 1.75 bits per heavy atom. The van der Waals surface area contributed by atoms with E-state index in [1.807, 2.05) is 59.4 Å². The van der Waals surface area contributed by atoms with E-state index in [9.17, 15) is 0 Å². The van der Waals surface area contributed by atoms with Gasteiger partial charge in [0, 0.05) is 10.7 Å². The number of nitrogens with zero attached hydrogens (tertiary/aromatic N) is 2. The molecule has 3 nitrogen and oxygen atoms in total. The Labute approximate surface area is 159 Å². The Kier molecular flexibility index (Phi) is 5.41. The van der Waals surface area contributed by atoms with Gasteiger partial charge < -0.3 is 5.32 Å². The lowest BCUT2D eigenvalue weighted by Gasteiger charge is -1.98. The molecule has 0 amide bonds. The molecule has 24 heavy (non-hydrogen) atoms. The van der Waals surface area contributed by atoms with Crippen LogP contribution in [0.15, 0.2) is 53.0 Å². The van der Waals surface area contributed by atoms with E-state index in [1.165, 1.54) is 17.1 Å². The van der Waals surface area contributed by atoms with Gasteiger partial charge in [0.15, 0.2) is 0 Å². The molecule has 0 spiro atoms. The molecule has 1 N–H and O–H groups in total. The third-order valence-corrected chi connectivity index (χ3v) is 4.51. The molecule has 0 saturated carbocycles. The van der Waals surface area contributed by atoms with Crippen LogP contribution in [0, 0.1) is 6.92 Å². The van der Waals surface area contributed by atoms with E-state index < -0.39 is 0 Å². The summed E-state index contributed by atoms with van der Waals surface area (Å²) < 4.78 is 1.97. The van der Waals surface area contributed by atoms with Crippen molar-refractivity contribution in [2.24, 2.45) is 0 Å². The molecule has 3 rings (SSSR count). The summed E-state index contributed by atoms with van der Waals surface area (Å²) in [6.07, 6.45) is 1.62. The number of hydrogen-bond donors (Lipinski definition) is 1. The second kappa shape index (κ2) is 7.53. The lowest BCUT2D eigenvalue weighted by molar-refractivity contribution is -0.480. The zero-order valence-electron chi connectivity index (χ0n) is 12.6. The van der Waals surface area contributed by atoms with Crippen LogP contribution in [0.25, 0.3) is 17.6 Å². The standard InChI is InChI=1S/C17H12Cl3N3S/c1-11-2-8-14(9-3-11)21-17-22-16(23(24-17)10-15(19)20)12-4-6-13(18)7-5-12/h2-10H,1H3/p+1. The molecule has 0 fully saturated rings. The fourth-order valence-corrected chi connectivity index (χ4v) is 3.39. The molecule has 2 aromatic carbocycles. The van der Waals surface area contributed by atoms with Crippen molar-refractivity contribution < 1.29 is 3.96 Å². The normalized spacial score (nSPS) is 10.5. The van der Waals surface area contributed by atoms with E-state index in [0.29, 0.717) is 5.02 Å². The highest BCUT2D eigenvalue weighted by Gasteiger charge is 2.22. The zero-order chi connectivity index (χ0) is 17.1. The monoisotopic (exact) mass is 396 g/mol. The predicted octanol–water partition coefficient (Wildman–Crippen LogP) is 6.04. The summed E-state index contributed by atoms with van der Waals surface area (Å²) in [5.41, 5.74) is 3.08. The Balaban J connectivity index is 1.98. The molecule has 1 aromatic heterocycles. The van der Waals surface area contributed by atoms with E-state index in [-0.39, 0.29) is 4.49 Å². The number of aromatic nitrogens is 2. The van der Waals surface area contributed by atoms with Gasteiger partial charge >= 0.3 is 11.0 Å². The molecule has 0 saturated heterocycles. The minimum absolute atomic E-state index is 0.153. The molecule has 7 heteroatoms. The van der Waals surface area contributed by atoms with Crippen LogP contribution in [0.3, 0.4) is 0 Å². The quantitative estimate of drug-likeness (QED) is 0.544. The number of benzene rings is 2. The maximum Gasteiger partial charge on any atom is 0.350 e. The zero-order valence-corrected chi connectivity index (χ0v) is 15.7. The van der Waals surface area contributed by atoms with Crippen molar-refractivity contribution in [2.75, 3.05) is 5.32 Å². The Bertz CT molecular complexity index is 867. The number of anilines is 2. The number of nitrogens with one attached hydrogen (secondary N) is 1. The lowest BCUT2D eigenvalue weighted by atomic mass is 10.2. The average Bonchev–Trinajstić information content (AvgIpc) is 2.92. The van der Waals surface area contributed by atoms with E-state index in [4.69, 9.17) is 34.8 Å². The second-order valence-electron chi connectivity index (χ2n) is 5.07. The third kappa shape index (κ3) is 4.28. The van der Waals surface area contributed by atoms with Crippen LogP contribution in [0.1, 0.15) is 5.56 Å². The maximum atomic E-state index is 5.96. The maximum absolute atomic E-state index is 5.96. The van der Waals surface area contributed by atoms with Crippen LogP contribution in [0.2, 0.25) is 5.02 Å². The van der Waals surface area contributed by atoms with Crippen LogP contribution in [0.5, 0.6) is 0 Å². The molecule has 0 aliphatic carbocycles. The molecule has 0 bridgehead atoms. The van der Waals surface area contributed by atoms with Gasteiger partial charge in [-0.1, -0.05) is 52.5 Å². The predicted molar refractivity (Wildman–Crippen MR) is 103 cm³/mol. The second-order valence-corrected chi connectivity index (χ2v) is 7.48. The first-order valence-electron chi connectivity index (χ1n) is 7.06. The van der Waals surface area contributed by atoms with E-state index >= 15 is 0 Å². The summed E-state index contributed by atoms with van der Waals surface area (Å²) in [5.74, 6) is 0.727. The Morgan fingerprint density at radius 3 is 2.38 bits per heavy atom. The van der Waals surface area contributed by atoms with Gasteiger partial charge in [-0.25, -0.2) is 0 Å². The van der Waals surface area contributed by atoms with Gasteiger partial charge in [0.25, 0.3) is 0 Å². The Hall–Kier alpha value is -1.59. The fourth-order valence-electron chi connectivity index (χ4n) is 2.08. The van der Waals surface area contributed by atoms with Crippen LogP contribution in [-0.2, 0) is 0 Å². The highest BCUT2D eigenvalue weighted by Crippen LogP contribution is 2.25. The third-order valence-electron chi connectivity index (χ3n) is 3.22. The van der Waals surface area contributed by atoms with Crippen molar-refractivity contribution in [3.05, 3.63) is 63.6 Å². The first-order valence-corrected chi connectivity index (χ1v) is 8.97. The topological polar surface area (TPSA) is 28.8 Å². The molecule has 0 aliphatic rings. The molecule has 0 aliphatic heterocycles. The number of hydrogen-bond acceptors (Lipinski definition) is 3. The summed E-state index contributed by atoms with van der Waals surface area (Å²) in [6.45, 7) is 2.05. The first kappa shape index (κ1) is 17.2.